The standard InChI is InChI=1S/C21H20FN3O3S/c1-15-17(14-16-6-2-4-8-19(16)23-15)21(26)24-10-12-25(13-11-24)29(27,28)20-9-5-3-7-18(20)22/h2-9,14H,10-13H2,1H3. The van der Waals surface area contributed by atoms with E-state index in [1.165, 1.54) is 22.5 Å². The number of carbonyl (C=O) groups excluding carboxylic acids is 1. The van der Waals surface area contributed by atoms with Crippen molar-refractivity contribution in [1.29, 1.82) is 0 Å². The van der Waals surface area contributed by atoms with E-state index >= 15 is 0 Å². The van der Waals surface area contributed by atoms with Gasteiger partial charge in [0.05, 0.1) is 16.8 Å². The van der Waals surface area contributed by atoms with Gasteiger partial charge in [-0.15, -0.1) is 0 Å². The van der Waals surface area contributed by atoms with Gasteiger partial charge in [0.15, 0.2) is 0 Å². The van der Waals surface area contributed by atoms with Crippen molar-refractivity contribution < 1.29 is 17.6 Å². The lowest BCUT2D eigenvalue weighted by atomic mass is 10.1. The number of fused-ring (bicyclic) bond motifs is 1. The van der Waals surface area contributed by atoms with Gasteiger partial charge in [0.1, 0.15) is 10.7 Å². The summed E-state index contributed by atoms with van der Waals surface area (Å²) in [7, 11) is -3.94. The fraction of sp³-hybridized carbons (Fsp3) is 0.238. The number of benzene rings is 2. The molecule has 6 nitrogen and oxygen atoms in total. The summed E-state index contributed by atoms with van der Waals surface area (Å²) in [5.74, 6) is -0.951. The van der Waals surface area contributed by atoms with E-state index < -0.39 is 15.8 Å². The quantitative estimate of drug-likeness (QED) is 0.662. The zero-order valence-corrected chi connectivity index (χ0v) is 16.7. The van der Waals surface area contributed by atoms with Crippen molar-refractivity contribution >= 4 is 26.8 Å². The van der Waals surface area contributed by atoms with Crippen LogP contribution in [0.25, 0.3) is 10.9 Å². The van der Waals surface area contributed by atoms with Crippen LogP contribution >= 0.6 is 0 Å². The molecule has 0 radical (unpaired) electrons. The molecule has 8 heteroatoms. The molecule has 0 N–H and O–H groups in total. The number of piperazine rings is 1. The Morgan fingerprint density at radius 1 is 1.00 bits per heavy atom. The maximum Gasteiger partial charge on any atom is 0.255 e. The van der Waals surface area contributed by atoms with Gasteiger partial charge in [-0.1, -0.05) is 30.3 Å². The predicted molar refractivity (Wildman–Crippen MR) is 108 cm³/mol. The molecule has 1 aliphatic heterocycles. The Bertz CT molecular complexity index is 1190. The summed E-state index contributed by atoms with van der Waals surface area (Å²) in [4.78, 5) is 18.8. The highest BCUT2D eigenvalue weighted by Gasteiger charge is 2.32. The largest absolute Gasteiger partial charge is 0.336 e. The van der Waals surface area contributed by atoms with Crippen LogP contribution in [0.15, 0.2) is 59.5 Å². The van der Waals surface area contributed by atoms with Crippen molar-refractivity contribution in [3.63, 3.8) is 0 Å². The van der Waals surface area contributed by atoms with Crippen molar-refractivity contribution in [2.24, 2.45) is 0 Å². The highest BCUT2D eigenvalue weighted by molar-refractivity contribution is 7.89. The Hall–Kier alpha value is -2.84. The second kappa shape index (κ2) is 7.53. The minimum Gasteiger partial charge on any atom is -0.336 e. The highest BCUT2D eigenvalue weighted by Crippen LogP contribution is 2.22. The average molecular weight is 413 g/mol. The molecule has 1 amide bonds. The summed E-state index contributed by atoms with van der Waals surface area (Å²) in [5.41, 5.74) is 1.96. The van der Waals surface area contributed by atoms with E-state index in [0.717, 1.165) is 17.0 Å². The minimum absolute atomic E-state index is 0.114. The number of pyridine rings is 1. The Morgan fingerprint density at radius 2 is 1.66 bits per heavy atom. The number of nitrogens with zero attached hydrogens (tertiary/aromatic N) is 3. The molecule has 0 saturated carbocycles. The molecule has 150 valence electrons. The number of aryl methyl sites for hydroxylation is 1. The number of aromatic nitrogens is 1. The van der Waals surface area contributed by atoms with Gasteiger partial charge >= 0.3 is 0 Å². The van der Waals surface area contributed by atoms with E-state index in [2.05, 4.69) is 4.98 Å². The van der Waals surface area contributed by atoms with Gasteiger partial charge in [-0.25, -0.2) is 12.8 Å². The van der Waals surface area contributed by atoms with Crippen molar-refractivity contribution in [2.75, 3.05) is 26.2 Å². The van der Waals surface area contributed by atoms with Crippen LogP contribution in [0.3, 0.4) is 0 Å². The van der Waals surface area contributed by atoms with Gasteiger partial charge in [0.2, 0.25) is 10.0 Å². The summed E-state index contributed by atoms with van der Waals surface area (Å²) in [6, 6.07) is 14.7. The molecule has 2 aromatic carbocycles. The van der Waals surface area contributed by atoms with Crippen LogP contribution in [-0.4, -0.2) is 54.7 Å². The van der Waals surface area contributed by atoms with Crippen LogP contribution in [-0.2, 0) is 10.0 Å². The van der Waals surface area contributed by atoms with Crippen LogP contribution in [0.5, 0.6) is 0 Å². The van der Waals surface area contributed by atoms with E-state index in [1.54, 1.807) is 11.8 Å². The smallest absolute Gasteiger partial charge is 0.255 e. The van der Waals surface area contributed by atoms with Crippen molar-refractivity contribution in [3.05, 3.63) is 71.7 Å². The van der Waals surface area contributed by atoms with Crippen molar-refractivity contribution in [2.45, 2.75) is 11.8 Å². The Labute approximate surface area is 168 Å². The summed E-state index contributed by atoms with van der Waals surface area (Å²) in [6.45, 7) is 2.49. The monoisotopic (exact) mass is 413 g/mol. The third-order valence-electron chi connectivity index (χ3n) is 5.13. The molecule has 1 fully saturated rings. The normalized spacial score (nSPS) is 15.6. The topological polar surface area (TPSA) is 70.6 Å². The molecule has 0 aliphatic carbocycles. The molecule has 0 spiro atoms. The fourth-order valence-electron chi connectivity index (χ4n) is 3.52. The first-order valence-corrected chi connectivity index (χ1v) is 10.7. The molecule has 0 atom stereocenters. The van der Waals surface area contributed by atoms with E-state index in [0.29, 0.717) is 11.3 Å². The number of hydrogen-bond donors (Lipinski definition) is 0. The van der Waals surface area contributed by atoms with Crippen LogP contribution < -0.4 is 0 Å². The molecular formula is C21H20FN3O3S. The van der Waals surface area contributed by atoms with E-state index in [4.69, 9.17) is 0 Å². The number of amides is 1. The fourth-order valence-corrected chi connectivity index (χ4v) is 5.01. The molecule has 1 aliphatic rings. The van der Waals surface area contributed by atoms with Crippen molar-refractivity contribution in [3.8, 4) is 0 Å². The van der Waals surface area contributed by atoms with Gasteiger partial charge in [0, 0.05) is 31.6 Å². The number of para-hydroxylation sites is 1. The summed E-state index contributed by atoms with van der Waals surface area (Å²) in [6.07, 6.45) is 0. The third-order valence-corrected chi connectivity index (χ3v) is 7.06. The number of carbonyl (C=O) groups is 1. The van der Waals surface area contributed by atoms with Gasteiger partial charge < -0.3 is 4.90 Å². The zero-order chi connectivity index (χ0) is 20.6. The van der Waals surface area contributed by atoms with E-state index in [-0.39, 0.29) is 37.0 Å². The molecule has 29 heavy (non-hydrogen) atoms. The summed E-state index contributed by atoms with van der Waals surface area (Å²) >= 11 is 0. The minimum atomic E-state index is -3.94. The molecule has 1 saturated heterocycles. The summed E-state index contributed by atoms with van der Waals surface area (Å²) in [5, 5.41) is 0.877. The van der Waals surface area contributed by atoms with Crippen LogP contribution in [0, 0.1) is 12.7 Å². The average Bonchev–Trinajstić information content (AvgIpc) is 2.73. The van der Waals surface area contributed by atoms with Gasteiger partial charge in [0.25, 0.3) is 5.91 Å². The third kappa shape index (κ3) is 3.61. The Kier molecular flexibility index (Phi) is 5.06. The van der Waals surface area contributed by atoms with E-state index in [1.807, 2.05) is 30.3 Å². The molecular weight excluding hydrogens is 393 g/mol. The lowest BCUT2D eigenvalue weighted by Gasteiger charge is -2.34. The zero-order valence-electron chi connectivity index (χ0n) is 15.9. The lowest BCUT2D eigenvalue weighted by Crippen LogP contribution is -2.50. The first-order chi connectivity index (χ1) is 13.9. The summed E-state index contributed by atoms with van der Waals surface area (Å²) < 4.78 is 40.6. The maximum absolute atomic E-state index is 14.0. The Balaban J connectivity index is 1.52. The van der Waals surface area contributed by atoms with E-state index in [9.17, 15) is 17.6 Å². The number of hydrogen-bond acceptors (Lipinski definition) is 4. The molecule has 1 aromatic heterocycles. The highest BCUT2D eigenvalue weighted by atomic mass is 32.2. The second-order valence-corrected chi connectivity index (χ2v) is 8.85. The number of sulfonamides is 1. The van der Waals surface area contributed by atoms with Crippen molar-refractivity contribution in [1.82, 2.24) is 14.2 Å². The molecule has 2 heterocycles. The van der Waals surface area contributed by atoms with Crippen LogP contribution in [0.2, 0.25) is 0 Å². The second-order valence-electron chi connectivity index (χ2n) is 6.94. The lowest BCUT2D eigenvalue weighted by molar-refractivity contribution is 0.0696. The van der Waals surface area contributed by atoms with Gasteiger partial charge in [-0.3, -0.25) is 9.78 Å². The van der Waals surface area contributed by atoms with Crippen LogP contribution in [0.1, 0.15) is 16.1 Å². The number of halogens is 1. The first kappa shape index (κ1) is 19.5. The van der Waals surface area contributed by atoms with Crippen LogP contribution in [0.4, 0.5) is 4.39 Å². The maximum atomic E-state index is 14.0. The number of rotatable bonds is 3. The van der Waals surface area contributed by atoms with Gasteiger partial charge in [-0.2, -0.15) is 4.31 Å². The predicted octanol–water partition coefficient (Wildman–Crippen LogP) is 2.83. The molecule has 0 unspecified atom stereocenters. The van der Waals surface area contributed by atoms with Gasteiger partial charge in [-0.05, 0) is 31.2 Å². The molecule has 3 aromatic rings. The molecule has 0 bridgehead atoms. The first-order valence-electron chi connectivity index (χ1n) is 9.28. The SMILES string of the molecule is Cc1nc2ccccc2cc1C(=O)N1CCN(S(=O)(=O)c2ccccc2F)CC1. The molecule has 4 rings (SSSR count). The Morgan fingerprint density at radius 3 is 2.38 bits per heavy atom.